The summed E-state index contributed by atoms with van der Waals surface area (Å²) in [5, 5.41) is 27.0. The van der Waals surface area contributed by atoms with Crippen LogP contribution in [0, 0.1) is 11.8 Å². The van der Waals surface area contributed by atoms with Gasteiger partial charge in [0.05, 0.1) is 13.2 Å². The molecule has 1 fully saturated rings. The van der Waals surface area contributed by atoms with Gasteiger partial charge < -0.3 is 30.3 Å². The first-order valence-electron chi connectivity index (χ1n) is 20.3. The van der Waals surface area contributed by atoms with Crippen LogP contribution >= 0.6 is 11.6 Å². The number of nitrogens with one attached hydrogen (secondary N) is 2. The molecule has 10 nitrogen and oxygen atoms in total. The Bertz CT molecular complexity index is 2070. The van der Waals surface area contributed by atoms with Crippen molar-refractivity contribution in [1.82, 2.24) is 10.3 Å². The molecular formula is C46H52ClN3O7. The number of fused-ring (bicyclic) bond motifs is 3. The summed E-state index contributed by atoms with van der Waals surface area (Å²) in [5.74, 6) is -0.578. The molecule has 1 aromatic heterocycles. The molecule has 7 rings (SSSR count). The number of carbonyl (C=O) groups excluding carboxylic acids is 1. The Balaban J connectivity index is 1.05. The van der Waals surface area contributed by atoms with Crippen LogP contribution in [0.3, 0.4) is 0 Å². The predicted molar refractivity (Wildman–Crippen MR) is 219 cm³/mol. The van der Waals surface area contributed by atoms with Crippen LogP contribution in [0.4, 0.5) is 5.69 Å². The first-order valence-corrected chi connectivity index (χ1v) is 20.6. The smallest absolute Gasteiger partial charge is 0.330 e. The number of carboxylic acid groups (broad SMARTS) is 2. The van der Waals surface area contributed by atoms with Gasteiger partial charge in [0.1, 0.15) is 17.0 Å². The highest BCUT2D eigenvalue weighted by Gasteiger charge is 2.54. The highest BCUT2D eigenvalue weighted by Crippen LogP contribution is 2.56. The van der Waals surface area contributed by atoms with Crippen molar-refractivity contribution < 1.29 is 34.1 Å². The third-order valence-electron chi connectivity index (χ3n) is 12.4. The molecule has 300 valence electrons. The van der Waals surface area contributed by atoms with Gasteiger partial charge in [-0.1, -0.05) is 61.0 Å². The molecule has 3 unspecified atom stereocenters. The quantitative estimate of drug-likeness (QED) is 0.0818. The molecule has 4 N–H and O–H groups in total. The number of carboxylic acids is 2. The number of aromatic nitrogens is 1. The highest BCUT2D eigenvalue weighted by atomic mass is 35.5. The van der Waals surface area contributed by atoms with Crippen LogP contribution in [0.5, 0.6) is 11.5 Å². The number of hydrogen-bond donors (Lipinski definition) is 4. The number of aryl methyl sites for hydroxylation is 1. The summed E-state index contributed by atoms with van der Waals surface area (Å²) in [6, 6.07) is 23.0. The van der Waals surface area contributed by atoms with Crippen LogP contribution in [0.1, 0.15) is 98.7 Å². The summed E-state index contributed by atoms with van der Waals surface area (Å²) in [5.41, 5.74) is 4.71. The number of amides is 1. The second-order valence-corrected chi connectivity index (χ2v) is 16.6. The van der Waals surface area contributed by atoms with Gasteiger partial charge in [0.2, 0.25) is 5.91 Å². The second-order valence-electron chi connectivity index (χ2n) is 16.2. The molecule has 1 spiro atoms. The van der Waals surface area contributed by atoms with Crippen LogP contribution in [0.2, 0.25) is 5.02 Å². The molecule has 3 atom stereocenters. The lowest BCUT2D eigenvalue weighted by Gasteiger charge is -2.47. The maximum absolute atomic E-state index is 13.0. The van der Waals surface area contributed by atoms with E-state index in [9.17, 15) is 24.6 Å². The predicted octanol–water partition coefficient (Wildman–Crippen LogP) is 8.74. The lowest BCUT2D eigenvalue weighted by Crippen LogP contribution is -2.53. The molecule has 3 aliphatic rings. The normalized spacial score (nSPS) is 22.1. The van der Waals surface area contributed by atoms with Gasteiger partial charge >= 0.3 is 11.9 Å². The van der Waals surface area contributed by atoms with E-state index < -0.39 is 23.5 Å². The molecule has 3 aromatic carbocycles. The monoisotopic (exact) mass is 793 g/mol. The van der Waals surface area contributed by atoms with Gasteiger partial charge in [-0.3, -0.25) is 9.78 Å². The summed E-state index contributed by atoms with van der Waals surface area (Å²) in [6.07, 6.45) is 11.3. The number of hydrogen-bond acceptors (Lipinski definition) is 7. The molecule has 1 heterocycles. The van der Waals surface area contributed by atoms with Crippen molar-refractivity contribution in [3.8, 4) is 11.5 Å². The second kappa shape index (κ2) is 17.6. The van der Waals surface area contributed by atoms with E-state index in [0.717, 1.165) is 50.0 Å². The Morgan fingerprint density at radius 3 is 2.47 bits per heavy atom. The number of halogens is 1. The first kappa shape index (κ1) is 40.1. The van der Waals surface area contributed by atoms with E-state index in [4.69, 9.17) is 21.1 Å². The maximum atomic E-state index is 13.0. The van der Waals surface area contributed by atoms with Crippen LogP contribution in [-0.2, 0) is 39.1 Å². The Kier molecular flexibility index (Phi) is 12.4. The SMILES string of the molecule is CC(COc1ccc2c(c1)C1(CCC(Nc3cccc(Cl)c3)(C(=O)O)CC1)C(CCCOc1ccnc3c1CCCC3)C2)CC(=O)NC(C(=O)O)c1ccccc1. The van der Waals surface area contributed by atoms with Crippen molar-refractivity contribution >= 4 is 35.1 Å². The maximum Gasteiger partial charge on any atom is 0.330 e. The largest absolute Gasteiger partial charge is 0.493 e. The zero-order chi connectivity index (χ0) is 40.0. The summed E-state index contributed by atoms with van der Waals surface area (Å²) < 4.78 is 12.7. The number of pyridine rings is 1. The number of carbonyl (C=O) groups is 3. The van der Waals surface area contributed by atoms with Crippen molar-refractivity contribution in [2.24, 2.45) is 11.8 Å². The zero-order valence-electron chi connectivity index (χ0n) is 32.5. The van der Waals surface area contributed by atoms with Gasteiger partial charge in [-0.25, -0.2) is 9.59 Å². The lowest BCUT2D eigenvalue weighted by atomic mass is 9.60. The topological polar surface area (TPSA) is 147 Å². The van der Waals surface area contributed by atoms with Crippen molar-refractivity contribution in [2.45, 2.75) is 101 Å². The summed E-state index contributed by atoms with van der Waals surface area (Å²) in [7, 11) is 0. The molecule has 0 saturated heterocycles. The standard InChI is InChI=1S/C46H52ClN3O7/c1-30(25-41(51)49-42(43(52)53)31-9-3-2-4-10-31)29-57-36-17-16-32-26-33(11-8-24-56-40-18-23-48-39-15-6-5-14-37(39)40)45(38(32)28-36)19-21-46(22-20-45,44(54)55)50-35-13-7-12-34(47)27-35/h2-4,7,9-10,12-13,16-18,23,27-28,30,33,42,50H,5-6,8,11,14-15,19-22,24-26,29H2,1H3,(H,49,51)(H,52,53)(H,54,55). The number of aliphatic carboxylic acids is 2. The Morgan fingerprint density at radius 2 is 1.72 bits per heavy atom. The van der Waals surface area contributed by atoms with E-state index in [-0.39, 0.29) is 30.3 Å². The fourth-order valence-corrected chi connectivity index (χ4v) is 9.58. The van der Waals surface area contributed by atoms with Crippen molar-refractivity contribution in [2.75, 3.05) is 18.5 Å². The summed E-state index contributed by atoms with van der Waals surface area (Å²) >= 11 is 6.28. The molecule has 3 aliphatic carbocycles. The van der Waals surface area contributed by atoms with Crippen LogP contribution < -0.4 is 20.1 Å². The van der Waals surface area contributed by atoms with Crippen molar-refractivity contribution in [3.63, 3.8) is 0 Å². The van der Waals surface area contributed by atoms with Gasteiger partial charge in [-0.05, 0) is 141 Å². The molecule has 4 aromatic rings. The van der Waals surface area contributed by atoms with Crippen LogP contribution in [0.25, 0.3) is 0 Å². The number of nitrogens with zero attached hydrogens (tertiary/aromatic N) is 1. The summed E-state index contributed by atoms with van der Waals surface area (Å²) in [4.78, 5) is 42.5. The van der Waals surface area contributed by atoms with E-state index in [1.807, 2.05) is 37.4 Å². The number of benzene rings is 3. The molecular weight excluding hydrogens is 742 g/mol. The van der Waals surface area contributed by atoms with E-state index in [2.05, 4.69) is 27.8 Å². The molecule has 0 bridgehead atoms. The Morgan fingerprint density at radius 1 is 0.930 bits per heavy atom. The molecule has 1 amide bonds. The minimum Gasteiger partial charge on any atom is -0.493 e. The van der Waals surface area contributed by atoms with E-state index in [1.54, 1.807) is 42.5 Å². The van der Waals surface area contributed by atoms with Crippen molar-refractivity contribution in [3.05, 3.63) is 118 Å². The van der Waals surface area contributed by atoms with E-state index in [1.165, 1.54) is 23.1 Å². The molecule has 11 heteroatoms. The lowest BCUT2D eigenvalue weighted by molar-refractivity contribution is -0.144. The van der Waals surface area contributed by atoms with E-state index >= 15 is 0 Å². The number of anilines is 1. The van der Waals surface area contributed by atoms with Gasteiger partial charge in [0.15, 0.2) is 6.04 Å². The Hall–Kier alpha value is -5.09. The molecule has 57 heavy (non-hydrogen) atoms. The van der Waals surface area contributed by atoms with Crippen LogP contribution in [-0.4, -0.2) is 51.8 Å². The van der Waals surface area contributed by atoms with Gasteiger partial charge in [0.25, 0.3) is 0 Å². The number of ether oxygens (including phenoxy) is 2. The fourth-order valence-electron chi connectivity index (χ4n) is 9.39. The average molecular weight is 794 g/mol. The minimum atomic E-state index is -1.13. The third kappa shape index (κ3) is 9.06. The molecule has 0 aliphatic heterocycles. The van der Waals surface area contributed by atoms with Gasteiger partial charge in [0, 0.05) is 34.6 Å². The molecule has 0 radical (unpaired) electrons. The first-order chi connectivity index (χ1) is 27.5. The fraction of sp³-hybridized carbons (Fsp3) is 0.435. The average Bonchev–Trinajstić information content (AvgIpc) is 3.50. The minimum absolute atomic E-state index is 0.106. The Labute approximate surface area is 339 Å². The third-order valence-corrected chi connectivity index (χ3v) is 12.6. The summed E-state index contributed by atoms with van der Waals surface area (Å²) in [6.45, 7) is 2.78. The van der Waals surface area contributed by atoms with Gasteiger partial charge in [-0.2, -0.15) is 0 Å². The van der Waals surface area contributed by atoms with Crippen molar-refractivity contribution in [1.29, 1.82) is 0 Å². The highest BCUT2D eigenvalue weighted by molar-refractivity contribution is 6.30. The number of rotatable bonds is 16. The van der Waals surface area contributed by atoms with Gasteiger partial charge in [-0.15, -0.1) is 0 Å². The van der Waals surface area contributed by atoms with E-state index in [0.29, 0.717) is 60.2 Å². The van der Waals surface area contributed by atoms with Crippen LogP contribution in [0.15, 0.2) is 85.1 Å². The zero-order valence-corrected chi connectivity index (χ0v) is 33.2. The molecule has 1 saturated carbocycles.